The van der Waals surface area contributed by atoms with Crippen LogP contribution in [0.3, 0.4) is 0 Å². The smallest absolute Gasteiger partial charge is 0.163 e. The monoisotopic (exact) mass is 211 g/mol. The molecule has 1 rings (SSSR count). The van der Waals surface area contributed by atoms with E-state index in [0.29, 0.717) is 11.3 Å². The van der Waals surface area contributed by atoms with Gasteiger partial charge in [0.05, 0.1) is 13.2 Å². The number of phenolic OH excluding ortho intramolecular Hbond substituents is 1. The van der Waals surface area contributed by atoms with Gasteiger partial charge >= 0.3 is 0 Å². The molecule has 0 aliphatic heterocycles. The molecule has 1 aromatic carbocycles. The first kappa shape index (κ1) is 11.8. The number of rotatable bonds is 3. The van der Waals surface area contributed by atoms with Crippen LogP contribution in [0.15, 0.2) is 6.07 Å². The lowest BCUT2D eigenvalue weighted by molar-refractivity contribution is 0.185. The molecule has 84 valence electrons. The number of benzene rings is 1. The van der Waals surface area contributed by atoms with Gasteiger partial charge in [-0.3, -0.25) is 0 Å². The van der Waals surface area contributed by atoms with Gasteiger partial charge < -0.3 is 20.7 Å². The zero-order chi connectivity index (χ0) is 11.6. The molecule has 4 N–H and O–H groups in total. The molecule has 1 unspecified atom stereocenters. The van der Waals surface area contributed by atoms with Gasteiger partial charge in [0.1, 0.15) is 0 Å². The summed E-state index contributed by atoms with van der Waals surface area (Å²) >= 11 is 0. The number of hydrogen-bond acceptors (Lipinski definition) is 4. The first-order valence-electron chi connectivity index (χ1n) is 4.78. The maximum absolute atomic E-state index is 9.66. The Morgan fingerprint density at radius 2 is 2.00 bits per heavy atom. The minimum absolute atomic E-state index is 0.0306. The van der Waals surface area contributed by atoms with Crippen LogP contribution in [0.25, 0.3) is 0 Å². The normalized spacial score (nSPS) is 12.6. The van der Waals surface area contributed by atoms with Gasteiger partial charge in [-0.1, -0.05) is 0 Å². The molecular weight excluding hydrogens is 194 g/mol. The van der Waals surface area contributed by atoms with Gasteiger partial charge in [-0.15, -0.1) is 0 Å². The number of nitrogens with two attached hydrogens (primary N) is 1. The van der Waals surface area contributed by atoms with E-state index in [1.165, 1.54) is 13.2 Å². The Balaban J connectivity index is 3.33. The van der Waals surface area contributed by atoms with E-state index in [9.17, 15) is 10.2 Å². The summed E-state index contributed by atoms with van der Waals surface area (Å²) in [7, 11) is 1.50. The molecule has 0 amide bonds. The number of aliphatic hydroxyl groups excluding tert-OH is 1. The molecule has 0 aliphatic rings. The van der Waals surface area contributed by atoms with Gasteiger partial charge in [0.15, 0.2) is 11.5 Å². The average Bonchev–Trinajstić information content (AvgIpc) is 2.23. The first-order valence-corrected chi connectivity index (χ1v) is 4.78. The van der Waals surface area contributed by atoms with Crippen molar-refractivity contribution in [2.75, 3.05) is 13.7 Å². The van der Waals surface area contributed by atoms with E-state index in [2.05, 4.69) is 0 Å². The van der Waals surface area contributed by atoms with Crippen molar-refractivity contribution in [3.63, 3.8) is 0 Å². The van der Waals surface area contributed by atoms with Crippen molar-refractivity contribution in [2.24, 2.45) is 5.73 Å². The zero-order valence-electron chi connectivity index (χ0n) is 9.24. The van der Waals surface area contributed by atoms with E-state index in [1.54, 1.807) is 0 Å². The van der Waals surface area contributed by atoms with Crippen LogP contribution in [-0.4, -0.2) is 23.9 Å². The molecule has 0 radical (unpaired) electrons. The van der Waals surface area contributed by atoms with Crippen molar-refractivity contribution in [1.82, 2.24) is 0 Å². The fourth-order valence-corrected chi connectivity index (χ4v) is 1.63. The van der Waals surface area contributed by atoms with E-state index in [4.69, 9.17) is 10.5 Å². The summed E-state index contributed by atoms with van der Waals surface area (Å²) in [5.41, 5.74) is 7.74. The van der Waals surface area contributed by atoms with E-state index in [0.717, 1.165) is 11.1 Å². The predicted molar refractivity (Wildman–Crippen MR) is 58.1 cm³/mol. The third-order valence-electron chi connectivity index (χ3n) is 2.65. The second-order valence-corrected chi connectivity index (χ2v) is 3.52. The molecule has 15 heavy (non-hydrogen) atoms. The van der Waals surface area contributed by atoms with Crippen molar-refractivity contribution in [3.05, 3.63) is 22.8 Å². The average molecular weight is 211 g/mol. The van der Waals surface area contributed by atoms with E-state index < -0.39 is 6.10 Å². The second kappa shape index (κ2) is 4.51. The number of phenols is 1. The molecule has 0 aliphatic carbocycles. The van der Waals surface area contributed by atoms with Gasteiger partial charge in [-0.05, 0) is 36.6 Å². The van der Waals surface area contributed by atoms with Gasteiger partial charge in [0.25, 0.3) is 0 Å². The molecule has 1 aromatic rings. The number of aliphatic hydroxyl groups is 1. The van der Waals surface area contributed by atoms with E-state index in [1.807, 2.05) is 13.8 Å². The maximum atomic E-state index is 9.66. The molecule has 0 spiro atoms. The molecule has 0 saturated carbocycles. The summed E-state index contributed by atoms with van der Waals surface area (Å²) in [5, 5.41) is 19.3. The van der Waals surface area contributed by atoms with Crippen LogP contribution in [0.2, 0.25) is 0 Å². The van der Waals surface area contributed by atoms with Crippen molar-refractivity contribution in [3.8, 4) is 11.5 Å². The molecule has 0 aromatic heterocycles. The Bertz CT molecular complexity index is 363. The molecule has 0 saturated heterocycles. The Kier molecular flexibility index (Phi) is 3.55. The Morgan fingerprint density at radius 3 is 2.47 bits per heavy atom. The molecule has 0 fully saturated rings. The van der Waals surface area contributed by atoms with Crippen molar-refractivity contribution >= 4 is 0 Å². The van der Waals surface area contributed by atoms with Crippen LogP contribution >= 0.6 is 0 Å². The van der Waals surface area contributed by atoms with Gasteiger partial charge in [-0.2, -0.15) is 0 Å². The van der Waals surface area contributed by atoms with Crippen molar-refractivity contribution in [1.29, 1.82) is 0 Å². The number of aromatic hydroxyl groups is 1. The lowest BCUT2D eigenvalue weighted by atomic mass is 9.97. The fraction of sp³-hybridized carbons (Fsp3) is 0.455. The summed E-state index contributed by atoms with van der Waals surface area (Å²) in [5.74, 6) is 0.476. The molecule has 1 atom stereocenters. The molecule has 4 nitrogen and oxygen atoms in total. The van der Waals surface area contributed by atoms with E-state index in [-0.39, 0.29) is 12.3 Å². The quantitative estimate of drug-likeness (QED) is 0.697. The second-order valence-electron chi connectivity index (χ2n) is 3.52. The highest BCUT2D eigenvalue weighted by atomic mass is 16.5. The maximum Gasteiger partial charge on any atom is 0.163 e. The topological polar surface area (TPSA) is 75.7 Å². The number of methoxy groups -OCH3 is 1. The highest BCUT2D eigenvalue weighted by molar-refractivity contribution is 5.53. The first-order chi connectivity index (χ1) is 7.02. The lowest BCUT2D eigenvalue weighted by Crippen LogP contribution is -2.13. The van der Waals surface area contributed by atoms with Crippen LogP contribution in [0, 0.1) is 13.8 Å². The van der Waals surface area contributed by atoms with Gasteiger partial charge in [0, 0.05) is 6.54 Å². The molecule has 0 bridgehead atoms. The summed E-state index contributed by atoms with van der Waals surface area (Å²) in [6, 6.07) is 1.50. The highest BCUT2D eigenvalue weighted by Crippen LogP contribution is 2.36. The van der Waals surface area contributed by atoms with Crippen LogP contribution in [0.1, 0.15) is 22.8 Å². The third kappa shape index (κ3) is 2.06. The summed E-state index contributed by atoms with van der Waals surface area (Å²) in [6.07, 6.45) is -0.750. The van der Waals surface area contributed by atoms with Gasteiger partial charge in [-0.25, -0.2) is 0 Å². The SMILES string of the molecule is COc1c(O)cc(C(O)CN)c(C)c1C. The highest BCUT2D eigenvalue weighted by Gasteiger charge is 2.16. The standard InChI is InChI=1S/C11H17NO3/c1-6-7(2)11(15-3)9(13)4-8(6)10(14)5-12/h4,10,13-14H,5,12H2,1-3H3. The molecule has 0 heterocycles. The lowest BCUT2D eigenvalue weighted by Gasteiger charge is -2.17. The number of hydrogen-bond donors (Lipinski definition) is 3. The summed E-state index contributed by atoms with van der Waals surface area (Å²) in [4.78, 5) is 0. The number of ether oxygens (including phenoxy) is 1. The molecular formula is C11H17NO3. The minimum atomic E-state index is -0.750. The Labute approximate surface area is 89.3 Å². The fourth-order valence-electron chi connectivity index (χ4n) is 1.63. The van der Waals surface area contributed by atoms with Gasteiger partial charge in [0.2, 0.25) is 0 Å². The van der Waals surface area contributed by atoms with Crippen LogP contribution in [-0.2, 0) is 0 Å². The van der Waals surface area contributed by atoms with E-state index >= 15 is 0 Å². The Hall–Kier alpha value is -1.26. The largest absolute Gasteiger partial charge is 0.504 e. The Morgan fingerprint density at radius 1 is 1.40 bits per heavy atom. The molecule has 4 heteroatoms. The zero-order valence-corrected chi connectivity index (χ0v) is 9.24. The van der Waals surface area contributed by atoms with Crippen molar-refractivity contribution in [2.45, 2.75) is 20.0 Å². The van der Waals surface area contributed by atoms with Crippen LogP contribution in [0.5, 0.6) is 11.5 Å². The van der Waals surface area contributed by atoms with Crippen molar-refractivity contribution < 1.29 is 14.9 Å². The van der Waals surface area contributed by atoms with Crippen LogP contribution < -0.4 is 10.5 Å². The van der Waals surface area contributed by atoms with Crippen LogP contribution in [0.4, 0.5) is 0 Å². The summed E-state index contributed by atoms with van der Waals surface area (Å²) in [6.45, 7) is 3.83. The summed E-state index contributed by atoms with van der Waals surface area (Å²) < 4.78 is 5.06. The minimum Gasteiger partial charge on any atom is -0.504 e. The third-order valence-corrected chi connectivity index (χ3v) is 2.65. The predicted octanol–water partition coefficient (Wildman–Crippen LogP) is 1.01.